The number of benzene rings is 2. The average Bonchev–Trinajstić information content (AvgIpc) is 2.68. The molecule has 18 heavy (non-hydrogen) atoms. The van der Waals surface area contributed by atoms with Gasteiger partial charge in [-0.25, -0.2) is 4.39 Å². The van der Waals surface area contributed by atoms with Crippen molar-refractivity contribution in [3.63, 3.8) is 0 Å². The van der Waals surface area contributed by atoms with Crippen molar-refractivity contribution < 1.29 is 4.39 Å². The molecule has 5 heteroatoms. The maximum absolute atomic E-state index is 13.8. The van der Waals surface area contributed by atoms with Crippen molar-refractivity contribution in [2.75, 3.05) is 0 Å². The number of fused-ring (bicyclic) bond motifs is 1. The Hall–Kier alpha value is -1.65. The Bertz CT molecular complexity index is 791. The number of nitrogens with one attached hydrogen (secondary N) is 1. The van der Waals surface area contributed by atoms with Crippen molar-refractivity contribution >= 4 is 34.9 Å². The van der Waals surface area contributed by atoms with Crippen LogP contribution in [0.5, 0.6) is 0 Å². The Kier molecular flexibility index (Phi) is 2.69. The van der Waals surface area contributed by atoms with Crippen molar-refractivity contribution in [1.29, 1.82) is 0 Å². The van der Waals surface area contributed by atoms with Gasteiger partial charge in [0.15, 0.2) is 4.77 Å². The predicted octanol–water partition coefficient (Wildman–Crippen LogP) is 4.48. The third-order valence-corrected chi connectivity index (χ3v) is 3.36. The molecular weight excluding hydrogens is 271 g/mol. The number of aromatic nitrogens is 2. The van der Waals surface area contributed by atoms with E-state index in [2.05, 4.69) is 4.98 Å². The van der Waals surface area contributed by atoms with Gasteiger partial charge >= 0.3 is 0 Å². The first-order chi connectivity index (χ1) is 8.68. The molecule has 0 saturated carbocycles. The summed E-state index contributed by atoms with van der Waals surface area (Å²) in [4.78, 5) is 3.00. The Labute approximate surface area is 113 Å². The second-order valence-electron chi connectivity index (χ2n) is 3.85. The molecule has 0 fully saturated rings. The molecule has 2 nitrogen and oxygen atoms in total. The van der Waals surface area contributed by atoms with Crippen LogP contribution in [-0.2, 0) is 0 Å². The molecule has 1 heterocycles. The topological polar surface area (TPSA) is 20.7 Å². The number of halogens is 2. The maximum atomic E-state index is 13.8. The van der Waals surface area contributed by atoms with E-state index in [1.165, 1.54) is 6.07 Å². The van der Waals surface area contributed by atoms with Gasteiger partial charge in [-0.3, -0.25) is 4.57 Å². The molecule has 0 spiro atoms. The SMILES string of the molecule is Fc1ccccc1-n1c(=S)[nH]c2c(Cl)cccc21. The van der Waals surface area contributed by atoms with Crippen LogP contribution in [0.3, 0.4) is 0 Å². The zero-order chi connectivity index (χ0) is 12.7. The molecule has 0 radical (unpaired) electrons. The molecule has 0 aliphatic carbocycles. The van der Waals surface area contributed by atoms with Crippen LogP contribution in [0, 0.1) is 10.6 Å². The number of H-pyrrole nitrogens is 1. The van der Waals surface area contributed by atoms with Crippen LogP contribution in [0.2, 0.25) is 5.02 Å². The normalized spacial score (nSPS) is 11.0. The van der Waals surface area contributed by atoms with Crippen molar-refractivity contribution in [3.05, 3.63) is 58.1 Å². The van der Waals surface area contributed by atoms with Crippen LogP contribution in [0.15, 0.2) is 42.5 Å². The summed E-state index contributed by atoms with van der Waals surface area (Å²) < 4.78 is 15.9. The molecule has 3 aromatic rings. The van der Waals surface area contributed by atoms with Crippen molar-refractivity contribution in [2.24, 2.45) is 0 Å². The lowest BCUT2D eigenvalue weighted by molar-refractivity contribution is 0.619. The van der Waals surface area contributed by atoms with Crippen LogP contribution in [0.25, 0.3) is 16.7 Å². The maximum Gasteiger partial charge on any atom is 0.182 e. The Morgan fingerprint density at radius 1 is 1.11 bits per heavy atom. The van der Waals surface area contributed by atoms with E-state index in [4.69, 9.17) is 23.8 Å². The molecule has 2 aromatic carbocycles. The van der Waals surface area contributed by atoms with E-state index in [0.717, 1.165) is 5.52 Å². The molecule has 0 unspecified atom stereocenters. The number of aromatic amines is 1. The summed E-state index contributed by atoms with van der Waals surface area (Å²) in [6.45, 7) is 0. The molecule has 0 aliphatic rings. The number of imidazole rings is 1. The van der Waals surface area contributed by atoms with Gasteiger partial charge in [0.25, 0.3) is 0 Å². The molecule has 0 amide bonds. The highest BCUT2D eigenvalue weighted by atomic mass is 35.5. The predicted molar refractivity (Wildman–Crippen MR) is 73.4 cm³/mol. The van der Waals surface area contributed by atoms with Gasteiger partial charge in [0.1, 0.15) is 5.82 Å². The van der Waals surface area contributed by atoms with Crippen LogP contribution in [0.1, 0.15) is 0 Å². The Morgan fingerprint density at radius 2 is 1.89 bits per heavy atom. The summed E-state index contributed by atoms with van der Waals surface area (Å²) in [5.74, 6) is -0.325. The van der Waals surface area contributed by atoms with Crippen molar-refractivity contribution in [3.8, 4) is 5.69 Å². The molecule has 0 atom stereocenters. The summed E-state index contributed by atoms with van der Waals surface area (Å²) in [5, 5.41) is 0.564. The molecular formula is C13H8ClFN2S. The first kappa shape index (κ1) is 11.4. The zero-order valence-corrected chi connectivity index (χ0v) is 10.7. The Balaban J connectivity index is 2.44. The van der Waals surface area contributed by atoms with E-state index in [0.29, 0.717) is 21.0 Å². The lowest BCUT2D eigenvalue weighted by Crippen LogP contribution is -1.97. The largest absolute Gasteiger partial charge is 0.329 e. The lowest BCUT2D eigenvalue weighted by Gasteiger charge is -2.05. The monoisotopic (exact) mass is 278 g/mol. The number of nitrogens with zero attached hydrogens (tertiary/aromatic N) is 1. The summed E-state index contributed by atoms with van der Waals surface area (Å²) >= 11 is 11.3. The van der Waals surface area contributed by atoms with E-state index in [1.54, 1.807) is 28.8 Å². The molecule has 0 saturated heterocycles. The lowest BCUT2D eigenvalue weighted by atomic mass is 10.2. The van der Waals surface area contributed by atoms with Gasteiger partial charge in [-0.15, -0.1) is 0 Å². The fourth-order valence-corrected chi connectivity index (χ4v) is 2.48. The van der Waals surface area contributed by atoms with Gasteiger partial charge in [-0.05, 0) is 36.5 Å². The minimum Gasteiger partial charge on any atom is -0.329 e. The van der Waals surface area contributed by atoms with E-state index in [9.17, 15) is 4.39 Å². The highest BCUT2D eigenvalue weighted by Gasteiger charge is 2.11. The van der Waals surface area contributed by atoms with Crippen LogP contribution < -0.4 is 0 Å². The number of para-hydroxylation sites is 2. The summed E-state index contributed by atoms with van der Waals surface area (Å²) in [6, 6.07) is 11.9. The average molecular weight is 279 g/mol. The number of hydrogen-bond donors (Lipinski definition) is 1. The fraction of sp³-hybridized carbons (Fsp3) is 0. The zero-order valence-electron chi connectivity index (χ0n) is 9.15. The van der Waals surface area contributed by atoms with E-state index in [1.807, 2.05) is 12.1 Å². The van der Waals surface area contributed by atoms with E-state index >= 15 is 0 Å². The third kappa shape index (κ3) is 1.65. The quantitative estimate of drug-likeness (QED) is 0.651. The molecule has 0 bridgehead atoms. The molecule has 3 rings (SSSR count). The molecule has 90 valence electrons. The summed E-state index contributed by atoms with van der Waals surface area (Å²) in [6.07, 6.45) is 0. The van der Waals surface area contributed by atoms with Gasteiger partial charge in [-0.1, -0.05) is 29.8 Å². The van der Waals surface area contributed by atoms with Crippen molar-refractivity contribution in [1.82, 2.24) is 9.55 Å². The molecule has 1 N–H and O–H groups in total. The van der Waals surface area contributed by atoms with Crippen LogP contribution in [-0.4, -0.2) is 9.55 Å². The standard InChI is InChI=1S/C13H8ClFN2S/c14-8-4-3-7-11-12(8)16-13(18)17(11)10-6-2-1-5-9(10)15/h1-7H,(H,16,18). The van der Waals surface area contributed by atoms with Crippen LogP contribution >= 0.6 is 23.8 Å². The number of rotatable bonds is 1. The second-order valence-corrected chi connectivity index (χ2v) is 4.64. The third-order valence-electron chi connectivity index (χ3n) is 2.76. The first-order valence-corrected chi connectivity index (χ1v) is 6.11. The van der Waals surface area contributed by atoms with Crippen molar-refractivity contribution in [2.45, 2.75) is 0 Å². The van der Waals surface area contributed by atoms with Gasteiger partial charge in [-0.2, -0.15) is 0 Å². The van der Waals surface area contributed by atoms with Gasteiger partial charge in [0, 0.05) is 0 Å². The minimum atomic E-state index is -0.325. The first-order valence-electron chi connectivity index (χ1n) is 5.32. The van der Waals surface area contributed by atoms with Crippen LogP contribution in [0.4, 0.5) is 4.39 Å². The van der Waals surface area contributed by atoms with Gasteiger partial charge < -0.3 is 4.98 Å². The summed E-state index contributed by atoms with van der Waals surface area (Å²) in [5.41, 5.74) is 1.89. The molecule has 1 aromatic heterocycles. The summed E-state index contributed by atoms with van der Waals surface area (Å²) in [7, 11) is 0. The minimum absolute atomic E-state index is 0.325. The van der Waals surface area contributed by atoms with E-state index in [-0.39, 0.29) is 5.82 Å². The van der Waals surface area contributed by atoms with Gasteiger partial charge in [0.05, 0.1) is 21.7 Å². The molecule has 0 aliphatic heterocycles. The van der Waals surface area contributed by atoms with Gasteiger partial charge in [0.2, 0.25) is 0 Å². The fourth-order valence-electron chi connectivity index (χ4n) is 1.97. The van der Waals surface area contributed by atoms with E-state index < -0.39 is 0 Å². The second kappa shape index (κ2) is 4.23. The number of hydrogen-bond acceptors (Lipinski definition) is 1. The highest BCUT2D eigenvalue weighted by Crippen LogP contribution is 2.26. The Morgan fingerprint density at radius 3 is 2.67 bits per heavy atom. The highest BCUT2D eigenvalue weighted by molar-refractivity contribution is 7.71. The smallest absolute Gasteiger partial charge is 0.182 e.